The molecule has 0 unspecified atom stereocenters. The second kappa shape index (κ2) is 5.90. The monoisotopic (exact) mass is 284 g/mol. The fraction of sp³-hybridized carbons (Fsp3) is 0.538. The van der Waals surface area contributed by atoms with Gasteiger partial charge < -0.3 is 10.1 Å². The maximum atomic E-state index is 10.8. The largest absolute Gasteiger partial charge is 0.496 e. The highest BCUT2D eigenvalue weighted by atomic mass is 32.2. The molecule has 1 aliphatic carbocycles. The van der Waals surface area contributed by atoms with E-state index in [-0.39, 0.29) is 5.75 Å². The highest BCUT2D eigenvalue weighted by Crippen LogP contribution is 2.40. The maximum absolute atomic E-state index is 10.8. The quantitative estimate of drug-likeness (QED) is 0.810. The van der Waals surface area contributed by atoms with Gasteiger partial charge in [0.05, 0.1) is 12.9 Å². The van der Waals surface area contributed by atoms with E-state index in [9.17, 15) is 8.42 Å². The molecule has 0 radical (unpaired) electrons. The van der Waals surface area contributed by atoms with Gasteiger partial charge in [-0.1, -0.05) is 18.2 Å². The molecule has 106 valence electrons. The molecule has 6 heteroatoms. The van der Waals surface area contributed by atoms with E-state index in [1.165, 1.54) is 5.56 Å². The first kappa shape index (κ1) is 14.3. The first-order valence-corrected chi connectivity index (χ1v) is 8.08. The Morgan fingerprint density at radius 1 is 1.37 bits per heavy atom. The number of nitrogens with two attached hydrogens (primary N) is 1. The molecule has 1 aromatic carbocycles. The van der Waals surface area contributed by atoms with Gasteiger partial charge in [0, 0.05) is 12.6 Å². The van der Waals surface area contributed by atoms with Crippen molar-refractivity contribution in [1.29, 1.82) is 0 Å². The van der Waals surface area contributed by atoms with Crippen LogP contribution in [0.1, 0.15) is 24.3 Å². The number of nitrogens with one attached hydrogen (secondary N) is 1. The van der Waals surface area contributed by atoms with Gasteiger partial charge in [0.25, 0.3) is 0 Å². The van der Waals surface area contributed by atoms with Gasteiger partial charge in [0.15, 0.2) is 0 Å². The van der Waals surface area contributed by atoms with Crippen molar-refractivity contribution < 1.29 is 13.2 Å². The van der Waals surface area contributed by atoms with Gasteiger partial charge in [-0.2, -0.15) is 0 Å². The third kappa shape index (κ3) is 3.92. The molecule has 0 bridgehead atoms. The lowest BCUT2D eigenvalue weighted by Crippen LogP contribution is -2.42. The minimum atomic E-state index is -3.36. The van der Waals surface area contributed by atoms with Gasteiger partial charge in [-0.25, -0.2) is 13.6 Å². The van der Waals surface area contributed by atoms with E-state index in [4.69, 9.17) is 9.88 Å². The first-order valence-electron chi connectivity index (χ1n) is 6.36. The summed E-state index contributed by atoms with van der Waals surface area (Å²) >= 11 is 0. The minimum Gasteiger partial charge on any atom is -0.496 e. The van der Waals surface area contributed by atoms with Gasteiger partial charge >= 0.3 is 0 Å². The normalized spacial score (nSPS) is 22.8. The number of hydrogen-bond acceptors (Lipinski definition) is 4. The van der Waals surface area contributed by atoms with Crippen LogP contribution in [0.25, 0.3) is 0 Å². The number of benzene rings is 1. The molecule has 0 aromatic heterocycles. The number of hydrogen-bond donors (Lipinski definition) is 2. The average Bonchev–Trinajstić information content (AvgIpc) is 2.31. The zero-order chi connectivity index (χ0) is 13.9. The average molecular weight is 284 g/mol. The summed E-state index contributed by atoms with van der Waals surface area (Å²) in [5.74, 6) is 1.40. The summed E-state index contributed by atoms with van der Waals surface area (Å²) in [7, 11) is -1.68. The molecular weight excluding hydrogens is 264 g/mol. The molecule has 0 spiro atoms. The summed E-state index contributed by atoms with van der Waals surface area (Å²) in [6.45, 7) is 0.419. The van der Waals surface area contributed by atoms with Crippen LogP contribution in [-0.2, 0) is 10.0 Å². The number of ether oxygens (including phenoxy) is 1. The van der Waals surface area contributed by atoms with Crippen LogP contribution in [0.4, 0.5) is 0 Å². The van der Waals surface area contributed by atoms with Crippen LogP contribution in [0.5, 0.6) is 5.75 Å². The minimum absolute atomic E-state index is 0.0111. The second-order valence-electron chi connectivity index (χ2n) is 4.93. The molecular formula is C13H20N2O3S. The molecule has 3 N–H and O–H groups in total. The Morgan fingerprint density at radius 3 is 2.68 bits per heavy atom. The highest BCUT2D eigenvalue weighted by molar-refractivity contribution is 7.89. The molecule has 1 fully saturated rings. The lowest BCUT2D eigenvalue weighted by molar-refractivity contribution is 0.288. The van der Waals surface area contributed by atoms with E-state index < -0.39 is 10.0 Å². The van der Waals surface area contributed by atoms with Crippen LogP contribution in [0.3, 0.4) is 0 Å². The molecule has 1 aliphatic rings. The molecule has 0 atom stereocenters. The van der Waals surface area contributed by atoms with Crippen molar-refractivity contribution in [3.8, 4) is 5.75 Å². The van der Waals surface area contributed by atoms with Crippen molar-refractivity contribution in [2.45, 2.75) is 24.8 Å². The van der Waals surface area contributed by atoms with Crippen LogP contribution in [-0.4, -0.2) is 33.9 Å². The Kier molecular flexibility index (Phi) is 4.44. The van der Waals surface area contributed by atoms with E-state index >= 15 is 0 Å². The Labute approximate surface area is 114 Å². The number of primary sulfonamides is 1. The molecule has 1 aromatic rings. The molecule has 1 saturated carbocycles. The lowest BCUT2D eigenvalue weighted by atomic mass is 9.75. The molecule has 5 nitrogen and oxygen atoms in total. The van der Waals surface area contributed by atoms with Crippen LogP contribution in [0.15, 0.2) is 24.3 Å². The van der Waals surface area contributed by atoms with Crippen molar-refractivity contribution >= 4 is 10.0 Å². The highest BCUT2D eigenvalue weighted by Gasteiger charge is 2.31. The summed E-state index contributed by atoms with van der Waals surface area (Å²) in [6.07, 6.45) is 2.01. The van der Waals surface area contributed by atoms with Crippen molar-refractivity contribution in [2.75, 3.05) is 19.4 Å². The smallest absolute Gasteiger partial charge is 0.210 e. The van der Waals surface area contributed by atoms with E-state index in [0.29, 0.717) is 18.5 Å². The van der Waals surface area contributed by atoms with E-state index in [2.05, 4.69) is 11.4 Å². The van der Waals surface area contributed by atoms with Crippen molar-refractivity contribution in [3.63, 3.8) is 0 Å². The summed E-state index contributed by atoms with van der Waals surface area (Å²) < 4.78 is 27.0. The number of methoxy groups -OCH3 is 1. The van der Waals surface area contributed by atoms with Crippen LogP contribution in [0, 0.1) is 0 Å². The van der Waals surface area contributed by atoms with Gasteiger partial charge in [0.1, 0.15) is 5.75 Å². The summed E-state index contributed by atoms with van der Waals surface area (Å²) in [5.41, 5.74) is 1.23. The third-order valence-electron chi connectivity index (χ3n) is 3.54. The number of rotatable bonds is 6. The Hall–Kier alpha value is -1.11. The van der Waals surface area contributed by atoms with Gasteiger partial charge in [-0.15, -0.1) is 0 Å². The second-order valence-corrected chi connectivity index (χ2v) is 6.66. The molecule has 0 heterocycles. The van der Waals surface area contributed by atoms with Crippen molar-refractivity contribution in [3.05, 3.63) is 29.8 Å². The molecule has 0 aliphatic heterocycles. The predicted octanol–water partition coefficient (Wildman–Crippen LogP) is 0.819. The summed E-state index contributed by atoms with van der Waals surface area (Å²) in [6, 6.07) is 8.40. The van der Waals surface area contributed by atoms with Crippen LogP contribution >= 0.6 is 0 Å². The van der Waals surface area contributed by atoms with Crippen molar-refractivity contribution in [1.82, 2.24) is 5.32 Å². The predicted molar refractivity (Wildman–Crippen MR) is 74.7 cm³/mol. The number of sulfonamides is 1. The third-order valence-corrected chi connectivity index (χ3v) is 4.31. The molecule has 19 heavy (non-hydrogen) atoms. The topological polar surface area (TPSA) is 81.4 Å². The Bertz CT molecular complexity index is 524. The lowest BCUT2D eigenvalue weighted by Gasteiger charge is -2.37. The Morgan fingerprint density at radius 2 is 2.05 bits per heavy atom. The van der Waals surface area contributed by atoms with Gasteiger partial charge in [-0.3, -0.25) is 0 Å². The van der Waals surface area contributed by atoms with Crippen molar-refractivity contribution in [2.24, 2.45) is 5.14 Å². The zero-order valence-corrected chi connectivity index (χ0v) is 11.8. The summed E-state index contributed by atoms with van der Waals surface area (Å²) in [5, 5.41) is 8.17. The zero-order valence-electron chi connectivity index (χ0n) is 11.0. The standard InChI is InChI=1S/C13H20N2O3S/c1-18-13-5-3-2-4-12(13)10-8-11(9-10)15-6-7-19(14,16)17/h2-5,10-11,15H,6-9H2,1H3,(H2,14,16,17). The fourth-order valence-electron chi connectivity index (χ4n) is 2.45. The summed E-state index contributed by atoms with van der Waals surface area (Å²) in [4.78, 5) is 0. The SMILES string of the molecule is COc1ccccc1C1CC(NCCS(N)(=O)=O)C1. The first-order chi connectivity index (χ1) is 8.99. The van der Waals surface area contributed by atoms with E-state index in [1.807, 2.05) is 18.2 Å². The number of para-hydroxylation sites is 1. The van der Waals surface area contributed by atoms with E-state index in [0.717, 1.165) is 18.6 Å². The molecule has 0 saturated heterocycles. The van der Waals surface area contributed by atoms with Crippen LogP contribution in [0.2, 0.25) is 0 Å². The van der Waals surface area contributed by atoms with Gasteiger partial charge in [-0.05, 0) is 30.4 Å². The fourth-order valence-corrected chi connectivity index (χ4v) is 2.85. The van der Waals surface area contributed by atoms with Crippen LogP contribution < -0.4 is 15.2 Å². The molecule has 0 amide bonds. The molecule has 2 rings (SSSR count). The van der Waals surface area contributed by atoms with E-state index in [1.54, 1.807) is 7.11 Å². The van der Waals surface area contributed by atoms with Gasteiger partial charge in [0.2, 0.25) is 10.0 Å². The Balaban J connectivity index is 1.80. The maximum Gasteiger partial charge on any atom is 0.210 e.